The van der Waals surface area contributed by atoms with Crippen LogP contribution >= 0.6 is 0 Å². The molecule has 1 aliphatic heterocycles. The number of halogens is 3. The van der Waals surface area contributed by atoms with Crippen LogP contribution in [0.25, 0.3) is 5.70 Å². The normalized spacial score (nSPS) is 17.4. The van der Waals surface area contributed by atoms with Crippen molar-refractivity contribution in [2.45, 2.75) is 13.1 Å². The van der Waals surface area contributed by atoms with E-state index in [1.807, 2.05) is 6.92 Å². The molecule has 2 rings (SSSR count). The minimum Gasteiger partial charge on any atom is -0.484 e. The molecule has 0 atom stereocenters. The van der Waals surface area contributed by atoms with Crippen LogP contribution in [0.1, 0.15) is 18.1 Å². The van der Waals surface area contributed by atoms with E-state index in [1.54, 1.807) is 6.07 Å². The van der Waals surface area contributed by atoms with E-state index in [0.717, 1.165) is 12.1 Å². The molecule has 2 nitrogen and oxygen atoms in total. The molecular weight excluding hydrogens is 231 g/mol. The van der Waals surface area contributed by atoms with Crippen molar-refractivity contribution in [3.8, 4) is 0 Å². The van der Waals surface area contributed by atoms with E-state index < -0.39 is 11.7 Å². The third-order valence-corrected chi connectivity index (χ3v) is 2.40. The fourth-order valence-electron chi connectivity index (χ4n) is 1.57. The summed E-state index contributed by atoms with van der Waals surface area (Å²) in [5, 5.41) is 3.03. The molecule has 1 heterocycles. The zero-order chi connectivity index (χ0) is 12.5. The molecule has 92 valence electrons. The quantitative estimate of drug-likeness (QED) is 0.825. The molecular formula is C12H12F3NO. The van der Waals surface area contributed by atoms with Gasteiger partial charge in [0.15, 0.2) is 5.76 Å². The highest BCUT2D eigenvalue weighted by Gasteiger charge is 2.31. The lowest BCUT2D eigenvalue weighted by atomic mass is 10.1. The molecule has 0 bridgehead atoms. The zero-order valence-corrected chi connectivity index (χ0v) is 9.27. The molecule has 1 aliphatic rings. The van der Waals surface area contributed by atoms with Gasteiger partial charge in [0.25, 0.3) is 0 Å². The van der Waals surface area contributed by atoms with E-state index in [2.05, 4.69) is 5.32 Å². The Morgan fingerprint density at radius 1 is 1.41 bits per heavy atom. The van der Waals surface area contributed by atoms with E-state index in [1.165, 1.54) is 6.07 Å². The van der Waals surface area contributed by atoms with Gasteiger partial charge >= 0.3 is 6.18 Å². The van der Waals surface area contributed by atoms with Crippen molar-refractivity contribution in [1.29, 1.82) is 0 Å². The number of epoxide rings is 1. The molecule has 0 amide bonds. The van der Waals surface area contributed by atoms with Crippen molar-refractivity contribution in [1.82, 2.24) is 5.32 Å². The van der Waals surface area contributed by atoms with Gasteiger partial charge in [0.05, 0.1) is 11.3 Å². The first-order valence-electron chi connectivity index (χ1n) is 5.30. The second kappa shape index (κ2) is 4.31. The summed E-state index contributed by atoms with van der Waals surface area (Å²) >= 11 is 0. The Balaban J connectivity index is 2.36. The fourth-order valence-corrected chi connectivity index (χ4v) is 1.57. The second-order valence-electron chi connectivity index (χ2n) is 3.70. The molecule has 0 aromatic heterocycles. The van der Waals surface area contributed by atoms with Crippen molar-refractivity contribution in [3.63, 3.8) is 0 Å². The molecule has 0 aliphatic carbocycles. The Kier molecular flexibility index (Phi) is 3.00. The van der Waals surface area contributed by atoms with Crippen LogP contribution in [-0.2, 0) is 10.9 Å². The van der Waals surface area contributed by atoms with Crippen LogP contribution in [0.2, 0.25) is 0 Å². The third kappa shape index (κ3) is 2.72. The van der Waals surface area contributed by atoms with Gasteiger partial charge in [-0.15, -0.1) is 0 Å². The standard InChI is InChI=1S/C12H12F3NO/c1-2-16-11(10-7-17-10)8-4-3-5-9(6-8)12(13,14)15/h3-6,16H,2,7H2,1H3/b11-10+. The first-order valence-corrected chi connectivity index (χ1v) is 5.30. The fraction of sp³-hybridized carbons (Fsp3) is 0.333. The summed E-state index contributed by atoms with van der Waals surface area (Å²) in [4.78, 5) is 0. The van der Waals surface area contributed by atoms with Crippen molar-refractivity contribution < 1.29 is 17.9 Å². The summed E-state index contributed by atoms with van der Waals surface area (Å²) in [7, 11) is 0. The summed E-state index contributed by atoms with van der Waals surface area (Å²) in [5.41, 5.74) is 0.513. The number of benzene rings is 1. The molecule has 1 N–H and O–H groups in total. The van der Waals surface area contributed by atoms with Gasteiger partial charge in [0.2, 0.25) is 0 Å². The van der Waals surface area contributed by atoms with Gasteiger partial charge in [0.1, 0.15) is 6.61 Å². The lowest BCUT2D eigenvalue weighted by molar-refractivity contribution is -0.137. The van der Waals surface area contributed by atoms with E-state index in [0.29, 0.717) is 30.2 Å². The van der Waals surface area contributed by atoms with Crippen LogP contribution in [0.15, 0.2) is 30.0 Å². The minimum absolute atomic E-state index is 0.485. The molecule has 1 fully saturated rings. The van der Waals surface area contributed by atoms with Crippen molar-refractivity contribution in [2.75, 3.05) is 13.2 Å². The number of hydrogen-bond acceptors (Lipinski definition) is 2. The molecule has 0 saturated carbocycles. The zero-order valence-electron chi connectivity index (χ0n) is 9.27. The molecule has 17 heavy (non-hydrogen) atoms. The predicted molar refractivity (Wildman–Crippen MR) is 58.0 cm³/mol. The van der Waals surface area contributed by atoms with Gasteiger partial charge in [-0.2, -0.15) is 13.2 Å². The average molecular weight is 243 g/mol. The Bertz CT molecular complexity index is 445. The van der Waals surface area contributed by atoms with E-state index in [-0.39, 0.29) is 0 Å². The van der Waals surface area contributed by atoms with E-state index in [4.69, 9.17) is 4.74 Å². The number of hydrogen-bond donors (Lipinski definition) is 1. The van der Waals surface area contributed by atoms with Crippen molar-refractivity contribution in [2.24, 2.45) is 0 Å². The highest BCUT2D eigenvalue weighted by molar-refractivity contribution is 5.68. The largest absolute Gasteiger partial charge is 0.484 e. The number of rotatable bonds is 3. The van der Waals surface area contributed by atoms with Crippen LogP contribution < -0.4 is 5.32 Å². The van der Waals surface area contributed by atoms with Crippen molar-refractivity contribution in [3.05, 3.63) is 41.2 Å². The SMILES string of the molecule is CCN/C(=C1\CO1)c1cccc(C(F)(F)F)c1. The first-order chi connectivity index (χ1) is 8.02. The maximum Gasteiger partial charge on any atom is 0.416 e. The Hall–Kier alpha value is -1.65. The highest BCUT2D eigenvalue weighted by atomic mass is 19.4. The topological polar surface area (TPSA) is 24.6 Å². The van der Waals surface area contributed by atoms with Crippen LogP contribution in [0.5, 0.6) is 0 Å². The molecule has 1 aromatic rings. The van der Waals surface area contributed by atoms with Gasteiger partial charge in [0, 0.05) is 12.1 Å². The molecule has 1 saturated heterocycles. The Labute approximate surface area is 97.1 Å². The van der Waals surface area contributed by atoms with Crippen molar-refractivity contribution >= 4 is 5.70 Å². The van der Waals surface area contributed by atoms with Gasteiger partial charge < -0.3 is 10.1 Å². The van der Waals surface area contributed by atoms with E-state index >= 15 is 0 Å². The molecule has 0 spiro atoms. The summed E-state index contributed by atoms with van der Waals surface area (Å²) in [5.74, 6) is 0.714. The van der Waals surface area contributed by atoms with Crippen LogP contribution in [0.4, 0.5) is 13.2 Å². The van der Waals surface area contributed by atoms with Crippen LogP contribution in [0.3, 0.4) is 0 Å². The number of ether oxygens (including phenoxy) is 1. The van der Waals surface area contributed by atoms with Crippen LogP contribution in [0, 0.1) is 0 Å². The molecule has 5 heteroatoms. The van der Waals surface area contributed by atoms with Gasteiger partial charge in [-0.1, -0.05) is 12.1 Å². The lowest BCUT2D eigenvalue weighted by Gasteiger charge is -2.11. The van der Waals surface area contributed by atoms with Gasteiger partial charge in [-0.25, -0.2) is 0 Å². The van der Waals surface area contributed by atoms with Gasteiger partial charge in [-0.3, -0.25) is 0 Å². The lowest BCUT2D eigenvalue weighted by Crippen LogP contribution is -2.12. The molecule has 0 radical (unpaired) electrons. The Morgan fingerprint density at radius 2 is 2.12 bits per heavy atom. The first kappa shape index (κ1) is 11.8. The predicted octanol–water partition coefficient (Wildman–Crippen LogP) is 3.01. The Morgan fingerprint density at radius 3 is 2.65 bits per heavy atom. The summed E-state index contributed by atoms with van der Waals surface area (Å²) in [6.45, 7) is 3.01. The summed E-state index contributed by atoms with van der Waals surface area (Å²) in [6, 6.07) is 5.23. The maximum absolute atomic E-state index is 12.6. The second-order valence-corrected chi connectivity index (χ2v) is 3.70. The monoisotopic (exact) mass is 243 g/mol. The minimum atomic E-state index is -4.32. The third-order valence-electron chi connectivity index (χ3n) is 2.40. The van der Waals surface area contributed by atoms with Crippen LogP contribution in [-0.4, -0.2) is 13.2 Å². The molecule has 0 unspecified atom stereocenters. The van der Waals surface area contributed by atoms with Gasteiger partial charge in [-0.05, 0) is 19.1 Å². The summed E-state index contributed by atoms with van der Waals surface area (Å²) in [6.07, 6.45) is -4.32. The number of alkyl halides is 3. The highest BCUT2D eigenvalue weighted by Crippen LogP contribution is 2.32. The number of nitrogens with one attached hydrogen (secondary N) is 1. The molecule has 1 aromatic carbocycles. The smallest absolute Gasteiger partial charge is 0.416 e. The average Bonchev–Trinajstić information content (AvgIpc) is 3.09. The van der Waals surface area contributed by atoms with E-state index in [9.17, 15) is 13.2 Å². The summed E-state index contributed by atoms with van der Waals surface area (Å²) < 4.78 is 42.7. The maximum atomic E-state index is 12.6.